The minimum atomic E-state index is -0.133. The SMILES string of the molecule is CN(C)C(=O)N(C)Cc1csc(C#CCO)c1. The molecule has 1 heterocycles. The molecule has 0 aromatic carbocycles. The lowest BCUT2D eigenvalue weighted by Gasteiger charge is -2.21. The van der Waals surface area contributed by atoms with Crippen LogP contribution in [0.5, 0.6) is 0 Å². The number of nitrogens with zero attached hydrogens (tertiary/aromatic N) is 2. The number of urea groups is 1. The summed E-state index contributed by atoms with van der Waals surface area (Å²) in [5.41, 5.74) is 1.05. The third-order valence-corrected chi connectivity index (χ3v) is 2.97. The van der Waals surface area contributed by atoms with Gasteiger partial charge in [0.25, 0.3) is 0 Å². The number of carbonyl (C=O) groups is 1. The van der Waals surface area contributed by atoms with Crippen molar-refractivity contribution in [3.05, 3.63) is 21.9 Å². The number of amides is 2. The van der Waals surface area contributed by atoms with Crippen LogP contribution in [0, 0.1) is 11.8 Å². The van der Waals surface area contributed by atoms with Crippen LogP contribution in [-0.4, -0.2) is 48.7 Å². The van der Waals surface area contributed by atoms with Crippen molar-refractivity contribution < 1.29 is 9.90 Å². The lowest BCUT2D eigenvalue weighted by Crippen LogP contribution is -2.35. The normalized spacial score (nSPS) is 9.41. The van der Waals surface area contributed by atoms with Gasteiger partial charge >= 0.3 is 6.03 Å². The van der Waals surface area contributed by atoms with E-state index in [1.807, 2.05) is 11.4 Å². The molecule has 5 heteroatoms. The Labute approximate surface area is 105 Å². The zero-order valence-electron chi connectivity index (χ0n) is 10.2. The smallest absolute Gasteiger partial charge is 0.319 e. The van der Waals surface area contributed by atoms with E-state index in [4.69, 9.17) is 5.11 Å². The zero-order chi connectivity index (χ0) is 12.8. The van der Waals surface area contributed by atoms with E-state index in [0.717, 1.165) is 10.4 Å². The van der Waals surface area contributed by atoms with Gasteiger partial charge in [-0.25, -0.2) is 4.79 Å². The van der Waals surface area contributed by atoms with Gasteiger partial charge in [0.05, 0.1) is 4.88 Å². The maximum atomic E-state index is 11.6. The van der Waals surface area contributed by atoms with Gasteiger partial charge in [-0.2, -0.15) is 0 Å². The third kappa shape index (κ3) is 4.10. The molecule has 0 unspecified atom stereocenters. The summed E-state index contributed by atoms with van der Waals surface area (Å²) in [5.74, 6) is 5.44. The number of rotatable bonds is 2. The summed E-state index contributed by atoms with van der Waals surface area (Å²) in [6, 6.07) is 1.91. The number of hydrogen-bond donors (Lipinski definition) is 1. The van der Waals surface area contributed by atoms with Crippen LogP contribution in [0.15, 0.2) is 11.4 Å². The highest BCUT2D eigenvalue weighted by atomic mass is 32.1. The summed E-state index contributed by atoms with van der Waals surface area (Å²) in [5, 5.41) is 10.6. The Morgan fingerprint density at radius 1 is 1.47 bits per heavy atom. The molecule has 0 aliphatic rings. The maximum Gasteiger partial charge on any atom is 0.319 e. The average molecular weight is 252 g/mol. The van der Waals surface area contributed by atoms with Crippen molar-refractivity contribution in [2.75, 3.05) is 27.7 Å². The minimum absolute atomic E-state index is 0.0285. The van der Waals surface area contributed by atoms with Gasteiger partial charge in [-0.05, 0) is 17.0 Å². The number of hydrogen-bond acceptors (Lipinski definition) is 3. The van der Waals surface area contributed by atoms with Crippen LogP contribution in [0.2, 0.25) is 0 Å². The Balaban J connectivity index is 2.63. The molecule has 1 aromatic rings. The molecular weight excluding hydrogens is 236 g/mol. The second-order valence-electron chi connectivity index (χ2n) is 3.81. The predicted molar refractivity (Wildman–Crippen MR) is 68.8 cm³/mol. The molecule has 0 aliphatic carbocycles. The first-order valence-electron chi connectivity index (χ1n) is 5.14. The fraction of sp³-hybridized carbons (Fsp3) is 0.417. The summed E-state index contributed by atoms with van der Waals surface area (Å²) < 4.78 is 0. The molecule has 0 radical (unpaired) electrons. The Bertz CT molecular complexity index is 443. The van der Waals surface area contributed by atoms with Gasteiger partial charge in [0.1, 0.15) is 6.61 Å². The van der Waals surface area contributed by atoms with Crippen molar-refractivity contribution >= 4 is 17.4 Å². The highest BCUT2D eigenvalue weighted by Crippen LogP contribution is 2.15. The van der Waals surface area contributed by atoms with Crippen LogP contribution in [0.4, 0.5) is 4.79 Å². The second-order valence-corrected chi connectivity index (χ2v) is 4.72. The molecule has 1 rings (SSSR count). The largest absolute Gasteiger partial charge is 0.384 e. The van der Waals surface area contributed by atoms with Crippen LogP contribution < -0.4 is 0 Å². The van der Waals surface area contributed by atoms with Gasteiger partial charge in [0.15, 0.2) is 0 Å². The van der Waals surface area contributed by atoms with Crippen molar-refractivity contribution in [1.82, 2.24) is 9.80 Å². The number of carbonyl (C=O) groups excluding carboxylic acids is 1. The van der Waals surface area contributed by atoms with Crippen molar-refractivity contribution in [2.45, 2.75) is 6.54 Å². The van der Waals surface area contributed by atoms with Crippen LogP contribution in [0.25, 0.3) is 0 Å². The van der Waals surface area contributed by atoms with E-state index in [0.29, 0.717) is 6.54 Å². The van der Waals surface area contributed by atoms with Crippen molar-refractivity contribution in [3.8, 4) is 11.8 Å². The van der Waals surface area contributed by atoms with Crippen molar-refractivity contribution in [3.63, 3.8) is 0 Å². The van der Waals surface area contributed by atoms with Gasteiger partial charge < -0.3 is 14.9 Å². The average Bonchev–Trinajstić information content (AvgIpc) is 2.72. The van der Waals surface area contributed by atoms with Gasteiger partial charge in [-0.15, -0.1) is 11.3 Å². The first kappa shape index (κ1) is 13.6. The Morgan fingerprint density at radius 2 is 2.18 bits per heavy atom. The summed E-state index contributed by atoms with van der Waals surface area (Å²) in [7, 11) is 5.22. The fourth-order valence-corrected chi connectivity index (χ4v) is 2.11. The zero-order valence-corrected chi connectivity index (χ0v) is 11.0. The van der Waals surface area contributed by atoms with Crippen LogP contribution in [-0.2, 0) is 6.54 Å². The highest BCUT2D eigenvalue weighted by molar-refractivity contribution is 7.10. The van der Waals surface area contributed by atoms with Crippen LogP contribution in [0.3, 0.4) is 0 Å². The Kier molecular flexibility index (Phi) is 5.01. The van der Waals surface area contributed by atoms with Gasteiger partial charge in [0.2, 0.25) is 0 Å². The molecule has 92 valence electrons. The lowest BCUT2D eigenvalue weighted by molar-refractivity contribution is 0.180. The van der Waals surface area contributed by atoms with E-state index in [9.17, 15) is 4.79 Å². The number of thiophene rings is 1. The summed E-state index contributed by atoms with van der Waals surface area (Å²) in [6.07, 6.45) is 0. The standard InChI is InChI=1S/C12H16N2O2S/c1-13(2)12(16)14(3)8-10-7-11(17-9-10)5-4-6-15/h7,9,15H,6,8H2,1-3H3. The molecule has 4 nitrogen and oxygen atoms in total. The molecule has 0 bridgehead atoms. The fourth-order valence-electron chi connectivity index (χ4n) is 1.33. The van der Waals surface area contributed by atoms with E-state index < -0.39 is 0 Å². The van der Waals surface area contributed by atoms with Crippen LogP contribution in [0.1, 0.15) is 10.4 Å². The monoisotopic (exact) mass is 252 g/mol. The van der Waals surface area contributed by atoms with E-state index in [2.05, 4.69) is 11.8 Å². The van der Waals surface area contributed by atoms with Crippen molar-refractivity contribution in [1.29, 1.82) is 0 Å². The highest BCUT2D eigenvalue weighted by Gasteiger charge is 2.11. The lowest BCUT2D eigenvalue weighted by atomic mass is 10.3. The van der Waals surface area contributed by atoms with Gasteiger partial charge in [0, 0.05) is 27.7 Å². The first-order chi connectivity index (χ1) is 8.04. The summed E-state index contributed by atoms with van der Waals surface area (Å²) in [6.45, 7) is 0.431. The van der Waals surface area contributed by atoms with Gasteiger partial charge in [-0.3, -0.25) is 0 Å². The first-order valence-corrected chi connectivity index (χ1v) is 6.02. The van der Waals surface area contributed by atoms with E-state index in [1.165, 1.54) is 11.3 Å². The molecular formula is C12H16N2O2S. The molecule has 0 aliphatic heterocycles. The number of aliphatic hydroxyl groups is 1. The van der Waals surface area contributed by atoms with E-state index in [1.54, 1.807) is 30.9 Å². The molecule has 0 saturated carbocycles. The molecule has 2 amide bonds. The molecule has 0 spiro atoms. The maximum absolute atomic E-state index is 11.6. The van der Waals surface area contributed by atoms with Crippen LogP contribution >= 0.6 is 11.3 Å². The van der Waals surface area contributed by atoms with Crippen molar-refractivity contribution in [2.24, 2.45) is 0 Å². The molecule has 0 saturated heterocycles. The molecule has 17 heavy (non-hydrogen) atoms. The Hall–Kier alpha value is -1.51. The Morgan fingerprint density at radius 3 is 2.76 bits per heavy atom. The topological polar surface area (TPSA) is 43.8 Å². The van der Waals surface area contributed by atoms with E-state index in [-0.39, 0.29) is 12.6 Å². The van der Waals surface area contributed by atoms with E-state index >= 15 is 0 Å². The quantitative estimate of drug-likeness (QED) is 0.804. The predicted octanol–water partition coefficient (Wildman–Crippen LogP) is 1.21. The minimum Gasteiger partial charge on any atom is -0.384 e. The molecule has 1 N–H and O–H groups in total. The molecule has 1 aromatic heterocycles. The number of aliphatic hydroxyl groups excluding tert-OH is 1. The second kappa shape index (κ2) is 6.28. The third-order valence-electron chi connectivity index (χ3n) is 2.07. The summed E-state index contributed by atoms with van der Waals surface area (Å²) in [4.78, 5) is 15.7. The molecule has 0 fully saturated rings. The molecule has 0 atom stereocenters. The van der Waals surface area contributed by atoms with Gasteiger partial charge in [-0.1, -0.05) is 11.8 Å². The summed E-state index contributed by atoms with van der Waals surface area (Å²) >= 11 is 1.52.